The standard InChI is InChI=1S/C8H11ClN4S/c1-11-3-4-13(2)8-12-7(9)6(5-10)14-8/h11H,3-4H2,1-2H3. The lowest BCUT2D eigenvalue weighted by atomic mass is 10.6. The smallest absolute Gasteiger partial charge is 0.187 e. The second-order valence-electron chi connectivity index (χ2n) is 2.75. The summed E-state index contributed by atoms with van der Waals surface area (Å²) in [7, 11) is 3.82. The lowest BCUT2D eigenvalue weighted by Crippen LogP contribution is -2.26. The summed E-state index contributed by atoms with van der Waals surface area (Å²) in [5, 5.41) is 12.8. The molecule has 0 unspecified atom stereocenters. The summed E-state index contributed by atoms with van der Waals surface area (Å²) < 4.78 is 0. The van der Waals surface area contributed by atoms with E-state index in [0.29, 0.717) is 10.0 Å². The van der Waals surface area contributed by atoms with Gasteiger partial charge in [0.15, 0.2) is 10.3 Å². The number of anilines is 1. The quantitative estimate of drug-likeness (QED) is 0.848. The van der Waals surface area contributed by atoms with Crippen LogP contribution in [0.1, 0.15) is 4.88 Å². The summed E-state index contributed by atoms with van der Waals surface area (Å²) in [6.07, 6.45) is 0. The summed E-state index contributed by atoms with van der Waals surface area (Å²) in [4.78, 5) is 6.53. The molecule has 1 aromatic rings. The molecule has 0 bridgehead atoms. The Kier molecular flexibility index (Phi) is 4.14. The third-order valence-corrected chi connectivity index (χ3v) is 3.16. The van der Waals surface area contributed by atoms with E-state index in [9.17, 15) is 0 Å². The van der Waals surface area contributed by atoms with Crippen LogP contribution in [0.5, 0.6) is 0 Å². The highest BCUT2D eigenvalue weighted by Gasteiger charge is 2.11. The van der Waals surface area contributed by atoms with Crippen molar-refractivity contribution >= 4 is 28.1 Å². The van der Waals surface area contributed by atoms with Crippen molar-refractivity contribution in [3.8, 4) is 6.07 Å². The van der Waals surface area contributed by atoms with Crippen LogP contribution in [0.15, 0.2) is 0 Å². The van der Waals surface area contributed by atoms with Gasteiger partial charge in [-0.1, -0.05) is 22.9 Å². The van der Waals surface area contributed by atoms with Gasteiger partial charge < -0.3 is 10.2 Å². The Hall–Kier alpha value is -0.830. The molecule has 1 rings (SSSR count). The number of halogens is 1. The topological polar surface area (TPSA) is 52.0 Å². The van der Waals surface area contributed by atoms with Gasteiger partial charge in [0.05, 0.1) is 0 Å². The predicted molar refractivity (Wildman–Crippen MR) is 59.0 cm³/mol. The fourth-order valence-corrected chi connectivity index (χ4v) is 1.93. The summed E-state index contributed by atoms with van der Waals surface area (Å²) in [5.74, 6) is 0. The molecular formula is C8H11ClN4S. The number of thiazole rings is 1. The van der Waals surface area contributed by atoms with E-state index in [2.05, 4.69) is 10.3 Å². The van der Waals surface area contributed by atoms with Crippen molar-refractivity contribution < 1.29 is 0 Å². The van der Waals surface area contributed by atoms with Crippen LogP contribution >= 0.6 is 22.9 Å². The molecule has 0 fully saturated rings. The number of nitriles is 1. The summed E-state index contributed by atoms with van der Waals surface area (Å²) >= 11 is 7.07. The molecule has 0 aliphatic rings. The second-order valence-corrected chi connectivity index (χ2v) is 4.09. The number of nitrogens with one attached hydrogen (secondary N) is 1. The second kappa shape index (κ2) is 5.15. The molecule has 0 saturated heterocycles. The molecule has 0 aliphatic heterocycles. The van der Waals surface area contributed by atoms with Gasteiger partial charge >= 0.3 is 0 Å². The fourth-order valence-electron chi connectivity index (χ4n) is 0.898. The molecule has 1 heterocycles. The number of likely N-dealkylation sites (N-methyl/N-ethyl adjacent to an activating group) is 2. The highest BCUT2D eigenvalue weighted by Crippen LogP contribution is 2.27. The van der Waals surface area contributed by atoms with Crippen LogP contribution in [0, 0.1) is 11.3 Å². The number of hydrogen-bond donors (Lipinski definition) is 1. The van der Waals surface area contributed by atoms with E-state index in [0.717, 1.165) is 18.2 Å². The minimum atomic E-state index is 0.295. The lowest BCUT2D eigenvalue weighted by Gasteiger charge is -2.14. The highest BCUT2D eigenvalue weighted by atomic mass is 35.5. The molecule has 1 N–H and O–H groups in total. The first-order chi connectivity index (χ1) is 6.69. The molecule has 0 aliphatic carbocycles. The van der Waals surface area contributed by atoms with Crippen LogP contribution in [0.4, 0.5) is 5.13 Å². The van der Waals surface area contributed by atoms with Crippen molar-refractivity contribution in [2.75, 3.05) is 32.1 Å². The molecule has 1 aromatic heterocycles. The molecule has 0 atom stereocenters. The maximum atomic E-state index is 8.69. The van der Waals surface area contributed by atoms with Gasteiger partial charge in [0.2, 0.25) is 0 Å². The van der Waals surface area contributed by atoms with Crippen LogP contribution in [-0.2, 0) is 0 Å². The molecule has 76 valence electrons. The molecule has 0 amide bonds. The first kappa shape index (κ1) is 11.2. The summed E-state index contributed by atoms with van der Waals surface area (Å²) in [5.41, 5.74) is 0. The normalized spacial score (nSPS) is 9.86. The van der Waals surface area contributed by atoms with Crippen molar-refractivity contribution in [2.45, 2.75) is 0 Å². The van der Waals surface area contributed by atoms with E-state index in [1.54, 1.807) is 0 Å². The van der Waals surface area contributed by atoms with E-state index >= 15 is 0 Å². The third-order valence-electron chi connectivity index (χ3n) is 1.70. The predicted octanol–water partition coefficient (Wildman–Crippen LogP) is 1.32. The zero-order valence-electron chi connectivity index (χ0n) is 8.04. The molecule has 0 spiro atoms. The van der Waals surface area contributed by atoms with Gasteiger partial charge in [-0.15, -0.1) is 0 Å². The number of rotatable bonds is 4. The van der Waals surface area contributed by atoms with Gasteiger partial charge in [0.25, 0.3) is 0 Å². The van der Waals surface area contributed by atoms with E-state index in [1.807, 2.05) is 25.1 Å². The largest absolute Gasteiger partial charge is 0.350 e. The van der Waals surface area contributed by atoms with E-state index in [-0.39, 0.29) is 0 Å². The lowest BCUT2D eigenvalue weighted by molar-refractivity contribution is 0.766. The van der Waals surface area contributed by atoms with Crippen LogP contribution in [0.25, 0.3) is 0 Å². The van der Waals surface area contributed by atoms with E-state index in [4.69, 9.17) is 16.9 Å². The van der Waals surface area contributed by atoms with Crippen LogP contribution < -0.4 is 10.2 Å². The van der Waals surface area contributed by atoms with Gasteiger partial charge in [-0.2, -0.15) is 5.26 Å². The molecule has 6 heteroatoms. The van der Waals surface area contributed by atoms with E-state index in [1.165, 1.54) is 11.3 Å². The third kappa shape index (κ3) is 2.58. The van der Waals surface area contributed by atoms with Crippen molar-refractivity contribution in [3.05, 3.63) is 10.0 Å². The maximum absolute atomic E-state index is 8.69. The highest BCUT2D eigenvalue weighted by molar-refractivity contribution is 7.16. The van der Waals surface area contributed by atoms with Gasteiger partial charge in [-0.05, 0) is 7.05 Å². The monoisotopic (exact) mass is 230 g/mol. The Morgan fingerprint density at radius 1 is 1.71 bits per heavy atom. The first-order valence-electron chi connectivity index (χ1n) is 4.11. The Balaban J connectivity index is 2.71. The first-order valence-corrected chi connectivity index (χ1v) is 5.30. The zero-order chi connectivity index (χ0) is 10.6. The van der Waals surface area contributed by atoms with Crippen molar-refractivity contribution in [1.82, 2.24) is 10.3 Å². The van der Waals surface area contributed by atoms with Gasteiger partial charge in [0.1, 0.15) is 10.9 Å². The Bertz CT molecular complexity index is 344. The zero-order valence-corrected chi connectivity index (χ0v) is 9.61. The molecule has 0 aromatic carbocycles. The fraction of sp³-hybridized carbons (Fsp3) is 0.500. The SMILES string of the molecule is CNCCN(C)c1nc(Cl)c(C#N)s1. The van der Waals surface area contributed by atoms with Crippen LogP contribution in [0.2, 0.25) is 5.15 Å². The average Bonchev–Trinajstić information content (AvgIpc) is 2.56. The Labute approximate surface area is 92.1 Å². The van der Waals surface area contributed by atoms with Crippen LogP contribution in [-0.4, -0.2) is 32.2 Å². The number of nitrogens with zero attached hydrogens (tertiary/aromatic N) is 3. The summed E-state index contributed by atoms with van der Waals surface area (Å²) in [6.45, 7) is 1.71. The molecule has 0 saturated carbocycles. The Morgan fingerprint density at radius 2 is 2.43 bits per heavy atom. The van der Waals surface area contributed by atoms with Gasteiger partial charge in [0, 0.05) is 20.1 Å². The number of hydrogen-bond acceptors (Lipinski definition) is 5. The van der Waals surface area contributed by atoms with E-state index < -0.39 is 0 Å². The minimum Gasteiger partial charge on any atom is -0.350 e. The minimum absolute atomic E-state index is 0.295. The van der Waals surface area contributed by atoms with Gasteiger partial charge in [-0.3, -0.25) is 0 Å². The van der Waals surface area contributed by atoms with Crippen molar-refractivity contribution in [1.29, 1.82) is 5.26 Å². The van der Waals surface area contributed by atoms with Crippen molar-refractivity contribution in [3.63, 3.8) is 0 Å². The van der Waals surface area contributed by atoms with Crippen LogP contribution in [0.3, 0.4) is 0 Å². The number of aromatic nitrogens is 1. The maximum Gasteiger partial charge on any atom is 0.187 e. The Morgan fingerprint density at radius 3 is 2.93 bits per heavy atom. The summed E-state index contributed by atoms with van der Waals surface area (Å²) in [6, 6.07) is 2.01. The molecule has 14 heavy (non-hydrogen) atoms. The van der Waals surface area contributed by atoms with Crippen molar-refractivity contribution in [2.24, 2.45) is 0 Å². The van der Waals surface area contributed by atoms with Gasteiger partial charge in [-0.25, -0.2) is 4.98 Å². The molecule has 0 radical (unpaired) electrons. The molecule has 4 nitrogen and oxygen atoms in total. The molecular weight excluding hydrogens is 220 g/mol. The average molecular weight is 231 g/mol.